The maximum Gasteiger partial charge on any atom is 0.0273 e. The molecule has 16 heavy (non-hydrogen) atoms. The van der Waals surface area contributed by atoms with E-state index in [4.69, 9.17) is 0 Å². The van der Waals surface area contributed by atoms with Crippen LogP contribution >= 0.6 is 0 Å². The number of rotatable bonds is 7. The summed E-state index contributed by atoms with van der Waals surface area (Å²) in [4.78, 5) is 0. The summed E-state index contributed by atoms with van der Waals surface area (Å²) in [5.74, 6) is 0.647. The molecule has 0 aromatic rings. The Morgan fingerprint density at radius 1 is 1.25 bits per heavy atom. The topological polar surface area (TPSA) is 12.0 Å². The third kappa shape index (κ3) is 6.84. The van der Waals surface area contributed by atoms with Gasteiger partial charge in [0.2, 0.25) is 0 Å². The maximum atomic E-state index is 3.51. The van der Waals surface area contributed by atoms with Gasteiger partial charge in [0.15, 0.2) is 0 Å². The van der Waals surface area contributed by atoms with E-state index < -0.39 is 0 Å². The lowest BCUT2D eigenvalue weighted by atomic mass is 9.87. The first-order valence-electron chi connectivity index (χ1n) is 6.47. The van der Waals surface area contributed by atoms with Crippen molar-refractivity contribution in [1.29, 1.82) is 0 Å². The van der Waals surface area contributed by atoms with Crippen LogP contribution < -0.4 is 5.32 Å². The molecular formula is C15H29N. The molecule has 1 unspecified atom stereocenters. The van der Waals surface area contributed by atoms with Crippen LogP contribution in [0.15, 0.2) is 24.3 Å². The highest BCUT2D eigenvalue weighted by atomic mass is 14.9. The second-order valence-electron chi connectivity index (χ2n) is 5.45. The van der Waals surface area contributed by atoms with Crippen LogP contribution in [-0.2, 0) is 0 Å². The summed E-state index contributed by atoms with van der Waals surface area (Å²) in [5, 5.41) is 3.51. The summed E-state index contributed by atoms with van der Waals surface area (Å²) in [6.45, 7) is 14.4. The molecule has 0 saturated heterocycles. The summed E-state index contributed by atoms with van der Waals surface area (Å²) in [7, 11) is 0. The lowest BCUT2D eigenvalue weighted by Gasteiger charge is -2.22. The predicted octanol–water partition coefficient (Wildman–Crippen LogP) is 4.17. The van der Waals surface area contributed by atoms with Crippen molar-refractivity contribution in [3.05, 3.63) is 24.3 Å². The van der Waals surface area contributed by atoms with E-state index in [1.54, 1.807) is 0 Å². The van der Waals surface area contributed by atoms with Crippen LogP contribution in [-0.4, -0.2) is 12.6 Å². The van der Waals surface area contributed by atoms with Crippen molar-refractivity contribution in [3.8, 4) is 0 Å². The molecule has 1 atom stereocenters. The van der Waals surface area contributed by atoms with Crippen molar-refractivity contribution in [2.75, 3.05) is 6.54 Å². The van der Waals surface area contributed by atoms with E-state index in [-0.39, 0.29) is 5.41 Å². The summed E-state index contributed by atoms with van der Waals surface area (Å²) in [5.41, 5.74) is 0.259. The molecule has 0 rings (SSSR count). The molecule has 0 bridgehead atoms. The second-order valence-corrected chi connectivity index (χ2v) is 5.45. The van der Waals surface area contributed by atoms with E-state index in [2.05, 4.69) is 71.2 Å². The molecular weight excluding hydrogens is 194 g/mol. The van der Waals surface area contributed by atoms with E-state index >= 15 is 0 Å². The standard InChI is InChI=1S/C15H29N/c1-7-9-11-15(5,6)12-10-14(13(3)4)16-8-2/h7,9-10,12-14,16H,8,11H2,1-6H3/b9-7-,12-10-. The van der Waals surface area contributed by atoms with Crippen LogP contribution in [0.5, 0.6) is 0 Å². The lowest BCUT2D eigenvalue weighted by Crippen LogP contribution is -2.32. The number of allylic oxidation sites excluding steroid dienone is 3. The molecule has 0 aromatic heterocycles. The van der Waals surface area contributed by atoms with Crippen LogP contribution in [0.3, 0.4) is 0 Å². The van der Waals surface area contributed by atoms with E-state index in [1.807, 2.05) is 0 Å². The van der Waals surface area contributed by atoms with E-state index in [0.717, 1.165) is 13.0 Å². The van der Waals surface area contributed by atoms with Crippen molar-refractivity contribution in [2.24, 2.45) is 11.3 Å². The number of nitrogens with one attached hydrogen (secondary N) is 1. The molecule has 0 saturated carbocycles. The summed E-state index contributed by atoms with van der Waals surface area (Å²) < 4.78 is 0. The number of hydrogen-bond donors (Lipinski definition) is 1. The van der Waals surface area contributed by atoms with Crippen LogP contribution in [0.25, 0.3) is 0 Å². The normalized spacial score (nSPS) is 15.4. The summed E-state index contributed by atoms with van der Waals surface area (Å²) >= 11 is 0. The fraction of sp³-hybridized carbons (Fsp3) is 0.733. The highest BCUT2D eigenvalue weighted by Crippen LogP contribution is 2.23. The Hall–Kier alpha value is -0.560. The van der Waals surface area contributed by atoms with Gasteiger partial charge < -0.3 is 5.32 Å². The highest BCUT2D eigenvalue weighted by molar-refractivity contribution is 5.04. The van der Waals surface area contributed by atoms with Crippen molar-refractivity contribution < 1.29 is 0 Å². The molecule has 0 aliphatic rings. The van der Waals surface area contributed by atoms with Gasteiger partial charge in [-0.15, -0.1) is 0 Å². The zero-order chi connectivity index (χ0) is 12.6. The van der Waals surface area contributed by atoms with E-state index in [0.29, 0.717) is 12.0 Å². The van der Waals surface area contributed by atoms with Gasteiger partial charge in [0.1, 0.15) is 0 Å². The number of likely N-dealkylation sites (N-methyl/N-ethyl adjacent to an activating group) is 1. The quantitative estimate of drug-likeness (QED) is 0.639. The van der Waals surface area contributed by atoms with Gasteiger partial charge in [-0.3, -0.25) is 0 Å². The van der Waals surface area contributed by atoms with Gasteiger partial charge in [0, 0.05) is 6.04 Å². The van der Waals surface area contributed by atoms with Gasteiger partial charge >= 0.3 is 0 Å². The summed E-state index contributed by atoms with van der Waals surface area (Å²) in [6.07, 6.45) is 10.1. The minimum Gasteiger partial charge on any atom is -0.311 e. The van der Waals surface area contributed by atoms with Gasteiger partial charge in [0.05, 0.1) is 0 Å². The van der Waals surface area contributed by atoms with Gasteiger partial charge in [-0.05, 0) is 31.2 Å². The fourth-order valence-electron chi connectivity index (χ4n) is 1.62. The van der Waals surface area contributed by atoms with Gasteiger partial charge in [-0.2, -0.15) is 0 Å². The predicted molar refractivity (Wildman–Crippen MR) is 74.7 cm³/mol. The van der Waals surface area contributed by atoms with E-state index in [9.17, 15) is 0 Å². The maximum absolute atomic E-state index is 3.51. The molecule has 0 aliphatic heterocycles. The van der Waals surface area contributed by atoms with Gasteiger partial charge in [0.25, 0.3) is 0 Å². The fourth-order valence-corrected chi connectivity index (χ4v) is 1.62. The smallest absolute Gasteiger partial charge is 0.0273 e. The molecule has 0 aliphatic carbocycles. The first kappa shape index (κ1) is 15.4. The Morgan fingerprint density at radius 2 is 1.88 bits per heavy atom. The Bertz CT molecular complexity index is 224. The lowest BCUT2D eigenvalue weighted by molar-refractivity contribution is 0.453. The third-order valence-corrected chi connectivity index (χ3v) is 2.79. The Balaban J connectivity index is 4.40. The number of hydrogen-bond acceptors (Lipinski definition) is 1. The molecule has 0 radical (unpaired) electrons. The first-order chi connectivity index (χ1) is 7.43. The highest BCUT2D eigenvalue weighted by Gasteiger charge is 2.14. The van der Waals surface area contributed by atoms with Crippen LogP contribution in [0.1, 0.15) is 48.0 Å². The van der Waals surface area contributed by atoms with Crippen molar-refractivity contribution >= 4 is 0 Å². The first-order valence-corrected chi connectivity index (χ1v) is 6.47. The Morgan fingerprint density at radius 3 is 2.31 bits per heavy atom. The average Bonchev–Trinajstić information content (AvgIpc) is 2.21. The molecule has 0 aromatic carbocycles. The van der Waals surface area contributed by atoms with E-state index in [1.165, 1.54) is 0 Å². The molecule has 0 heterocycles. The molecule has 1 N–H and O–H groups in total. The largest absolute Gasteiger partial charge is 0.311 e. The van der Waals surface area contributed by atoms with Crippen molar-refractivity contribution in [2.45, 2.75) is 54.0 Å². The minimum absolute atomic E-state index is 0.259. The van der Waals surface area contributed by atoms with Crippen molar-refractivity contribution in [3.63, 3.8) is 0 Å². The van der Waals surface area contributed by atoms with Crippen molar-refractivity contribution in [1.82, 2.24) is 5.32 Å². The Labute approximate surface area is 102 Å². The zero-order valence-electron chi connectivity index (χ0n) is 11.9. The molecule has 0 spiro atoms. The second kappa shape index (κ2) is 7.67. The molecule has 1 nitrogen and oxygen atoms in total. The third-order valence-electron chi connectivity index (χ3n) is 2.79. The molecule has 0 fully saturated rings. The molecule has 94 valence electrons. The Kier molecular flexibility index (Phi) is 7.40. The zero-order valence-corrected chi connectivity index (χ0v) is 11.9. The van der Waals surface area contributed by atoms with Crippen LogP contribution in [0.4, 0.5) is 0 Å². The van der Waals surface area contributed by atoms with Crippen LogP contribution in [0, 0.1) is 11.3 Å². The monoisotopic (exact) mass is 223 g/mol. The van der Waals surface area contributed by atoms with Gasteiger partial charge in [-0.25, -0.2) is 0 Å². The van der Waals surface area contributed by atoms with Crippen LogP contribution in [0.2, 0.25) is 0 Å². The molecule has 1 heteroatoms. The minimum atomic E-state index is 0.259. The average molecular weight is 223 g/mol. The van der Waals surface area contributed by atoms with Gasteiger partial charge in [-0.1, -0.05) is 58.9 Å². The SMILES string of the molecule is C/C=C\CC(C)(C)/C=C\C(NCC)C(C)C. The summed E-state index contributed by atoms with van der Waals surface area (Å²) in [6, 6.07) is 0.495. The molecule has 0 amide bonds.